The van der Waals surface area contributed by atoms with Gasteiger partial charge in [0.05, 0.1) is 10.5 Å². The third-order valence-corrected chi connectivity index (χ3v) is 5.04. The molecule has 0 spiro atoms. The van der Waals surface area contributed by atoms with Crippen LogP contribution >= 0.6 is 0 Å². The number of sulfonamides is 1. The van der Waals surface area contributed by atoms with Gasteiger partial charge in [-0.3, -0.25) is 4.79 Å². The predicted octanol–water partition coefficient (Wildman–Crippen LogP) is 2.31. The van der Waals surface area contributed by atoms with Crippen LogP contribution in [0.2, 0.25) is 0 Å². The normalized spacial score (nSPS) is 12.2. The van der Waals surface area contributed by atoms with Gasteiger partial charge in [-0.25, -0.2) is 18.4 Å². The summed E-state index contributed by atoms with van der Waals surface area (Å²) in [5.41, 5.74) is 1.56. The van der Waals surface area contributed by atoms with E-state index in [0.717, 1.165) is 5.69 Å². The molecule has 9 heteroatoms. The van der Waals surface area contributed by atoms with Crippen molar-refractivity contribution in [1.82, 2.24) is 4.57 Å². The van der Waals surface area contributed by atoms with Crippen molar-refractivity contribution in [3.8, 4) is 5.69 Å². The fraction of sp³-hybridized carbons (Fsp3) is 0.100. The first kappa shape index (κ1) is 20.3. The summed E-state index contributed by atoms with van der Waals surface area (Å²) >= 11 is 0. The number of carbonyl (C=O) groups is 2. The van der Waals surface area contributed by atoms with Crippen LogP contribution in [-0.2, 0) is 19.6 Å². The lowest BCUT2D eigenvalue weighted by molar-refractivity contribution is -0.123. The van der Waals surface area contributed by atoms with Gasteiger partial charge in [0.25, 0.3) is 5.91 Å². The molecule has 0 aliphatic carbocycles. The molecule has 1 amide bonds. The standard InChI is InChI=1S/C20H19N3O5S/c1-14(19(24)22-16-6-10-18(11-7-16)29(21,26)27)28-20(25)15-4-8-17(9-5-15)23-12-2-3-13-23/h2-14H,1H3,(H,22,24)(H2,21,26,27)/t14-/m1/s1. The second-order valence-electron chi connectivity index (χ2n) is 6.24. The van der Waals surface area contributed by atoms with Crippen molar-refractivity contribution < 1.29 is 22.7 Å². The summed E-state index contributed by atoms with van der Waals surface area (Å²) in [6.45, 7) is 1.44. The largest absolute Gasteiger partial charge is 0.449 e. The van der Waals surface area contributed by atoms with Crippen LogP contribution in [0.5, 0.6) is 0 Å². The van der Waals surface area contributed by atoms with Crippen molar-refractivity contribution in [2.45, 2.75) is 17.9 Å². The molecule has 0 saturated carbocycles. The lowest BCUT2D eigenvalue weighted by Gasteiger charge is -2.14. The lowest BCUT2D eigenvalue weighted by Crippen LogP contribution is -2.30. The number of esters is 1. The molecular formula is C20H19N3O5S. The molecule has 0 aliphatic heterocycles. The quantitative estimate of drug-likeness (QED) is 0.601. The van der Waals surface area contributed by atoms with Gasteiger partial charge >= 0.3 is 5.97 Å². The Balaban J connectivity index is 1.59. The minimum Gasteiger partial charge on any atom is -0.449 e. The molecule has 0 radical (unpaired) electrons. The molecule has 1 aromatic heterocycles. The molecule has 1 heterocycles. The predicted molar refractivity (Wildman–Crippen MR) is 107 cm³/mol. The SMILES string of the molecule is C[C@@H](OC(=O)c1ccc(-n2cccc2)cc1)C(=O)Nc1ccc(S(N)(=O)=O)cc1. The summed E-state index contributed by atoms with van der Waals surface area (Å²) in [6, 6.07) is 15.9. The van der Waals surface area contributed by atoms with E-state index in [1.54, 1.807) is 24.3 Å². The zero-order valence-corrected chi connectivity index (χ0v) is 16.3. The molecule has 3 aromatic rings. The number of hydrogen-bond acceptors (Lipinski definition) is 5. The van der Waals surface area contributed by atoms with Crippen molar-refractivity contribution >= 4 is 27.6 Å². The van der Waals surface area contributed by atoms with E-state index in [0.29, 0.717) is 11.3 Å². The molecule has 1 atom stereocenters. The Kier molecular flexibility index (Phi) is 5.81. The fourth-order valence-corrected chi connectivity index (χ4v) is 3.05. The number of aromatic nitrogens is 1. The molecule has 0 saturated heterocycles. The van der Waals surface area contributed by atoms with Crippen molar-refractivity contribution in [2.75, 3.05) is 5.32 Å². The number of anilines is 1. The van der Waals surface area contributed by atoms with Crippen LogP contribution < -0.4 is 10.5 Å². The Hall–Kier alpha value is -3.43. The summed E-state index contributed by atoms with van der Waals surface area (Å²) in [5.74, 6) is -1.18. The number of ether oxygens (including phenoxy) is 1. The average molecular weight is 413 g/mol. The van der Waals surface area contributed by atoms with E-state index < -0.39 is 28.0 Å². The maximum atomic E-state index is 12.3. The van der Waals surface area contributed by atoms with Gasteiger partial charge in [-0.15, -0.1) is 0 Å². The molecule has 3 N–H and O–H groups in total. The number of benzene rings is 2. The van der Waals surface area contributed by atoms with Crippen LogP contribution in [0.3, 0.4) is 0 Å². The smallest absolute Gasteiger partial charge is 0.338 e. The van der Waals surface area contributed by atoms with E-state index >= 15 is 0 Å². The second kappa shape index (κ2) is 8.29. The number of primary sulfonamides is 1. The van der Waals surface area contributed by atoms with Crippen LogP contribution in [-0.4, -0.2) is 31.0 Å². The van der Waals surface area contributed by atoms with Crippen LogP contribution in [0.1, 0.15) is 17.3 Å². The van der Waals surface area contributed by atoms with E-state index in [1.807, 2.05) is 29.1 Å². The first-order valence-corrected chi connectivity index (χ1v) is 10.2. The van der Waals surface area contributed by atoms with E-state index in [9.17, 15) is 18.0 Å². The molecular weight excluding hydrogens is 394 g/mol. The Morgan fingerprint density at radius 3 is 2.14 bits per heavy atom. The van der Waals surface area contributed by atoms with Crippen LogP contribution in [0.4, 0.5) is 5.69 Å². The molecule has 8 nitrogen and oxygen atoms in total. The number of rotatable bonds is 6. The maximum Gasteiger partial charge on any atom is 0.338 e. The third kappa shape index (κ3) is 5.09. The van der Waals surface area contributed by atoms with Gasteiger partial charge in [-0.2, -0.15) is 0 Å². The van der Waals surface area contributed by atoms with Crippen molar-refractivity contribution in [2.24, 2.45) is 5.14 Å². The highest BCUT2D eigenvalue weighted by atomic mass is 32.2. The van der Waals surface area contributed by atoms with Crippen molar-refractivity contribution in [1.29, 1.82) is 0 Å². The van der Waals surface area contributed by atoms with Crippen molar-refractivity contribution in [3.05, 3.63) is 78.6 Å². The van der Waals surface area contributed by atoms with Gasteiger partial charge in [0.15, 0.2) is 6.10 Å². The van der Waals surface area contributed by atoms with Crippen LogP contribution in [0, 0.1) is 0 Å². The van der Waals surface area contributed by atoms with Gasteiger partial charge < -0.3 is 14.6 Å². The number of nitrogens with two attached hydrogens (primary N) is 1. The Morgan fingerprint density at radius 2 is 1.59 bits per heavy atom. The van der Waals surface area contributed by atoms with E-state index in [4.69, 9.17) is 9.88 Å². The summed E-state index contributed by atoms with van der Waals surface area (Å²) in [5, 5.41) is 7.58. The highest BCUT2D eigenvalue weighted by molar-refractivity contribution is 7.89. The topological polar surface area (TPSA) is 120 Å². The zero-order chi connectivity index (χ0) is 21.0. The summed E-state index contributed by atoms with van der Waals surface area (Å²) in [4.78, 5) is 24.4. The fourth-order valence-electron chi connectivity index (χ4n) is 2.53. The number of nitrogens with zero attached hydrogens (tertiary/aromatic N) is 1. The Morgan fingerprint density at radius 1 is 1.00 bits per heavy atom. The number of hydrogen-bond donors (Lipinski definition) is 2. The third-order valence-electron chi connectivity index (χ3n) is 4.11. The Bertz CT molecular complexity index is 1110. The maximum absolute atomic E-state index is 12.3. The van der Waals surface area contributed by atoms with Gasteiger partial charge in [0.2, 0.25) is 10.0 Å². The lowest BCUT2D eigenvalue weighted by atomic mass is 10.2. The molecule has 0 aliphatic rings. The first-order valence-electron chi connectivity index (χ1n) is 8.62. The monoisotopic (exact) mass is 413 g/mol. The first-order chi connectivity index (χ1) is 13.7. The average Bonchev–Trinajstić information content (AvgIpc) is 3.22. The molecule has 0 fully saturated rings. The van der Waals surface area contributed by atoms with E-state index in [-0.39, 0.29) is 4.90 Å². The second-order valence-corrected chi connectivity index (χ2v) is 7.80. The molecule has 150 valence electrons. The minimum atomic E-state index is -3.81. The van der Waals surface area contributed by atoms with Gasteiger partial charge in [-0.1, -0.05) is 0 Å². The molecule has 3 rings (SSSR count). The number of amides is 1. The van der Waals surface area contributed by atoms with Crippen LogP contribution in [0.25, 0.3) is 5.69 Å². The molecule has 0 unspecified atom stereocenters. The summed E-state index contributed by atoms with van der Waals surface area (Å²) in [6.07, 6.45) is 2.72. The number of nitrogens with one attached hydrogen (secondary N) is 1. The van der Waals surface area contributed by atoms with Gasteiger partial charge in [-0.05, 0) is 67.6 Å². The minimum absolute atomic E-state index is 0.0710. The van der Waals surface area contributed by atoms with Crippen molar-refractivity contribution in [3.63, 3.8) is 0 Å². The summed E-state index contributed by atoms with van der Waals surface area (Å²) in [7, 11) is -3.81. The van der Waals surface area contributed by atoms with Gasteiger partial charge in [0, 0.05) is 23.8 Å². The highest BCUT2D eigenvalue weighted by Gasteiger charge is 2.19. The van der Waals surface area contributed by atoms with E-state index in [1.165, 1.54) is 31.2 Å². The van der Waals surface area contributed by atoms with Crippen LogP contribution in [0.15, 0.2) is 78.0 Å². The molecule has 0 bridgehead atoms. The molecule has 2 aromatic carbocycles. The van der Waals surface area contributed by atoms with Gasteiger partial charge in [0.1, 0.15) is 0 Å². The highest BCUT2D eigenvalue weighted by Crippen LogP contribution is 2.15. The van der Waals surface area contributed by atoms with E-state index in [2.05, 4.69) is 5.32 Å². The zero-order valence-electron chi connectivity index (χ0n) is 15.5. The summed E-state index contributed by atoms with van der Waals surface area (Å²) < 4.78 is 29.6. The molecule has 29 heavy (non-hydrogen) atoms. The number of carbonyl (C=O) groups excluding carboxylic acids is 2. The Labute approximate surface area is 168 Å².